The number of halogens is 4. The van der Waals surface area contributed by atoms with Crippen molar-refractivity contribution in [3.63, 3.8) is 0 Å². The standard InChI is InChI=1S/C17H13BrF3NO/c1-2-7-22(10-12-8-13(18)4-6-14(12)19)17(23)11-3-5-15(20)16(21)9-11/h2-6,8-9H,1,7,10H2. The summed E-state index contributed by atoms with van der Waals surface area (Å²) in [5, 5.41) is 0. The van der Waals surface area contributed by atoms with Crippen molar-refractivity contribution in [1.29, 1.82) is 0 Å². The van der Waals surface area contributed by atoms with Crippen LogP contribution in [0, 0.1) is 17.5 Å². The van der Waals surface area contributed by atoms with E-state index in [0.717, 1.165) is 12.1 Å². The first-order chi connectivity index (χ1) is 10.9. The van der Waals surface area contributed by atoms with Crippen molar-refractivity contribution in [2.75, 3.05) is 6.54 Å². The fourth-order valence-electron chi connectivity index (χ4n) is 2.06. The lowest BCUT2D eigenvalue weighted by molar-refractivity contribution is 0.0760. The molecule has 0 unspecified atom stereocenters. The van der Waals surface area contributed by atoms with Crippen LogP contribution in [0.25, 0.3) is 0 Å². The zero-order chi connectivity index (χ0) is 17.0. The maximum atomic E-state index is 13.9. The summed E-state index contributed by atoms with van der Waals surface area (Å²) in [5.74, 6) is -3.14. The van der Waals surface area contributed by atoms with Crippen molar-refractivity contribution < 1.29 is 18.0 Å². The van der Waals surface area contributed by atoms with Gasteiger partial charge < -0.3 is 4.90 Å². The van der Waals surface area contributed by atoms with E-state index in [2.05, 4.69) is 22.5 Å². The highest BCUT2D eigenvalue weighted by Gasteiger charge is 2.18. The summed E-state index contributed by atoms with van der Waals surface area (Å²) in [7, 11) is 0. The van der Waals surface area contributed by atoms with Crippen molar-refractivity contribution in [2.45, 2.75) is 6.54 Å². The fraction of sp³-hybridized carbons (Fsp3) is 0.118. The smallest absolute Gasteiger partial charge is 0.254 e. The summed E-state index contributed by atoms with van der Waals surface area (Å²) in [5.41, 5.74) is 0.290. The summed E-state index contributed by atoms with van der Waals surface area (Å²) in [6.45, 7) is 3.68. The summed E-state index contributed by atoms with van der Waals surface area (Å²) >= 11 is 3.24. The predicted molar refractivity (Wildman–Crippen MR) is 85.4 cm³/mol. The van der Waals surface area contributed by atoms with Crippen LogP contribution in [0.4, 0.5) is 13.2 Å². The number of hydrogen-bond donors (Lipinski definition) is 0. The molecule has 0 heterocycles. The third-order valence-electron chi connectivity index (χ3n) is 3.17. The van der Waals surface area contributed by atoms with Crippen LogP contribution in [-0.4, -0.2) is 17.4 Å². The van der Waals surface area contributed by atoms with E-state index in [-0.39, 0.29) is 18.7 Å². The van der Waals surface area contributed by atoms with Gasteiger partial charge >= 0.3 is 0 Å². The van der Waals surface area contributed by atoms with Gasteiger partial charge in [-0.15, -0.1) is 6.58 Å². The first kappa shape index (κ1) is 17.3. The fourth-order valence-corrected chi connectivity index (χ4v) is 2.47. The molecular formula is C17H13BrF3NO. The summed E-state index contributed by atoms with van der Waals surface area (Å²) in [4.78, 5) is 13.7. The molecule has 0 bridgehead atoms. The Labute approximate surface area is 140 Å². The molecule has 0 fully saturated rings. The van der Waals surface area contributed by atoms with Gasteiger partial charge in [0, 0.05) is 28.7 Å². The van der Waals surface area contributed by atoms with Crippen molar-refractivity contribution in [3.8, 4) is 0 Å². The van der Waals surface area contributed by atoms with Crippen LogP contribution in [0.2, 0.25) is 0 Å². The second kappa shape index (κ2) is 7.46. The molecule has 0 saturated carbocycles. The SMILES string of the molecule is C=CCN(Cc1cc(Br)ccc1F)C(=O)c1ccc(F)c(F)c1. The molecule has 6 heteroatoms. The average molecular weight is 384 g/mol. The second-order valence-corrected chi connectivity index (χ2v) is 5.75. The molecule has 0 N–H and O–H groups in total. The normalized spacial score (nSPS) is 10.4. The molecule has 0 aliphatic carbocycles. The van der Waals surface area contributed by atoms with Gasteiger partial charge in [0.1, 0.15) is 5.82 Å². The molecule has 1 amide bonds. The number of carbonyl (C=O) groups excluding carboxylic acids is 1. The molecule has 0 aliphatic rings. The van der Waals surface area contributed by atoms with E-state index < -0.39 is 23.4 Å². The molecular weight excluding hydrogens is 371 g/mol. The van der Waals surface area contributed by atoms with Crippen LogP contribution in [0.15, 0.2) is 53.5 Å². The first-order valence-electron chi connectivity index (χ1n) is 6.71. The van der Waals surface area contributed by atoms with Gasteiger partial charge in [0.2, 0.25) is 0 Å². The minimum atomic E-state index is -1.11. The molecule has 0 spiro atoms. The lowest BCUT2D eigenvalue weighted by Gasteiger charge is -2.22. The minimum absolute atomic E-state index is 0.0128. The van der Waals surface area contributed by atoms with Gasteiger partial charge in [-0.3, -0.25) is 4.79 Å². The molecule has 2 aromatic carbocycles. The van der Waals surface area contributed by atoms with Gasteiger partial charge in [-0.25, -0.2) is 13.2 Å². The van der Waals surface area contributed by atoms with Crippen LogP contribution in [0.1, 0.15) is 15.9 Å². The molecule has 0 saturated heterocycles. The number of hydrogen-bond acceptors (Lipinski definition) is 1. The molecule has 0 radical (unpaired) electrons. The Morgan fingerprint density at radius 1 is 1.09 bits per heavy atom. The summed E-state index contributed by atoms with van der Waals surface area (Å²) < 4.78 is 40.8. The number of nitrogens with zero attached hydrogens (tertiary/aromatic N) is 1. The maximum Gasteiger partial charge on any atom is 0.254 e. The van der Waals surface area contributed by atoms with Crippen LogP contribution in [0.3, 0.4) is 0 Å². The molecule has 0 aliphatic heterocycles. The Kier molecular flexibility index (Phi) is 5.60. The third kappa shape index (κ3) is 4.22. The van der Waals surface area contributed by atoms with E-state index in [9.17, 15) is 18.0 Å². The molecule has 120 valence electrons. The zero-order valence-corrected chi connectivity index (χ0v) is 13.6. The first-order valence-corrected chi connectivity index (χ1v) is 7.51. The lowest BCUT2D eigenvalue weighted by atomic mass is 10.1. The highest BCUT2D eigenvalue weighted by Crippen LogP contribution is 2.19. The van der Waals surface area contributed by atoms with Crippen LogP contribution in [-0.2, 0) is 6.54 Å². The van der Waals surface area contributed by atoms with Crippen molar-refractivity contribution in [3.05, 3.63) is 82.1 Å². The van der Waals surface area contributed by atoms with Crippen LogP contribution < -0.4 is 0 Å². The van der Waals surface area contributed by atoms with Gasteiger partial charge in [-0.05, 0) is 36.4 Å². The van der Waals surface area contributed by atoms with E-state index in [4.69, 9.17) is 0 Å². The van der Waals surface area contributed by atoms with Crippen LogP contribution >= 0.6 is 15.9 Å². The van der Waals surface area contributed by atoms with Gasteiger partial charge in [-0.2, -0.15) is 0 Å². The molecule has 0 aromatic heterocycles. The Balaban J connectivity index is 2.29. The third-order valence-corrected chi connectivity index (χ3v) is 3.67. The topological polar surface area (TPSA) is 20.3 Å². The predicted octanol–water partition coefficient (Wildman–Crippen LogP) is 4.69. The lowest BCUT2D eigenvalue weighted by Crippen LogP contribution is -2.31. The monoisotopic (exact) mass is 383 g/mol. The van der Waals surface area contributed by atoms with Crippen molar-refractivity contribution in [1.82, 2.24) is 4.90 Å². The Bertz CT molecular complexity index is 749. The molecule has 23 heavy (non-hydrogen) atoms. The summed E-state index contributed by atoms with van der Waals surface area (Å²) in [6.07, 6.45) is 1.48. The molecule has 2 rings (SSSR count). The van der Waals surface area contributed by atoms with E-state index in [1.54, 1.807) is 12.1 Å². The number of amides is 1. The van der Waals surface area contributed by atoms with Gasteiger partial charge in [-0.1, -0.05) is 22.0 Å². The molecule has 2 nitrogen and oxygen atoms in total. The van der Waals surface area contributed by atoms with Gasteiger partial charge in [0.05, 0.1) is 0 Å². The number of rotatable bonds is 5. The largest absolute Gasteiger partial charge is 0.330 e. The Morgan fingerprint density at radius 3 is 2.43 bits per heavy atom. The van der Waals surface area contributed by atoms with Crippen molar-refractivity contribution >= 4 is 21.8 Å². The molecule has 2 aromatic rings. The summed E-state index contributed by atoms with van der Waals surface area (Å²) in [6, 6.07) is 7.29. The quantitative estimate of drug-likeness (QED) is 0.685. The number of carbonyl (C=O) groups is 1. The second-order valence-electron chi connectivity index (χ2n) is 4.84. The number of benzene rings is 2. The van der Waals surface area contributed by atoms with E-state index in [1.807, 2.05) is 0 Å². The molecule has 0 atom stereocenters. The van der Waals surface area contributed by atoms with Crippen LogP contribution in [0.5, 0.6) is 0 Å². The van der Waals surface area contributed by atoms with Gasteiger partial charge in [0.15, 0.2) is 11.6 Å². The highest BCUT2D eigenvalue weighted by molar-refractivity contribution is 9.10. The Morgan fingerprint density at radius 2 is 1.78 bits per heavy atom. The zero-order valence-electron chi connectivity index (χ0n) is 12.0. The van der Waals surface area contributed by atoms with Crippen molar-refractivity contribution in [2.24, 2.45) is 0 Å². The van der Waals surface area contributed by atoms with E-state index in [0.29, 0.717) is 10.0 Å². The average Bonchev–Trinajstić information content (AvgIpc) is 2.52. The highest BCUT2D eigenvalue weighted by atomic mass is 79.9. The van der Waals surface area contributed by atoms with E-state index >= 15 is 0 Å². The maximum absolute atomic E-state index is 13.9. The minimum Gasteiger partial charge on any atom is -0.330 e. The Hall–Kier alpha value is -2.08. The van der Waals surface area contributed by atoms with Gasteiger partial charge in [0.25, 0.3) is 5.91 Å². The van der Waals surface area contributed by atoms with E-state index in [1.165, 1.54) is 23.1 Å².